The fourth-order valence-corrected chi connectivity index (χ4v) is 2.79. The van der Waals surface area contributed by atoms with Gasteiger partial charge >= 0.3 is 0 Å². The summed E-state index contributed by atoms with van der Waals surface area (Å²) in [6, 6.07) is 11.2. The predicted octanol–water partition coefficient (Wildman–Crippen LogP) is 3.54. The van der Waals surface area contributed by atoms with Gasteiger partial charge in [-0.05, 0) is 24.3 Å². The summed E-state index contributed by atoms with van der Waals surface area (Å²) in [6.07, 6.45) is 0. The van der Waals surface area contributed by atoms with Crippen LogP contribution in [0.3, 0.4) is 0 Å². The number of rotatable bonds is 2. The van der Waals surface area contributed by atoms with Gasteiger partial charge in [-0.3, -0.25) is 15.1 Å². The van der Waals surface area contributed by atoms with Crippen LogP contribution in [-0.2, 0) is 0 Å². The fraction of sp³-hybridized carbons (Fsp3) is 0.143. The highest BCUT2D eigenvalue weighted by atomic mass is 79.9. The quantitative estimate of drug-likeness (QED) is 0.900. The van der Waals surface area contributed by atoms with Crippen molar-refractivity contribution in [2.75, 3.05) is 12.3 Å². The van der Waals surface area contributed by atoms with Gasteiger partial charge < -0.3 is 4.42 Å². The SMILES string of the molecule is O=C(NC1=NCCS1)c1ccc(-c2ccc(Br)cc2)o1. The first-order valence-corrected chi connectivity index (χ1v) is 7.84. The Kier molecular flexibility index (Phi) is 3.93. The van der Waals surface area contributed by atoms with Crippen LogP contribution >= 0.6 is 27.7 Å². The predicted molar refractivity (Wildman–Crippen MR) is 84.1 cm³/mol. The van der Waals surface area contributed by atoms with Gasteiger partial charge in [0.1, 0.15) is 5.76 Å². The van der Waals surface area contributed by atoms with Crippen molar-refractivity contribution in [3.8, 4) is 11.3 Å². The molecule has 1 aliphatic heterocycles. The molecule has 6 heteroatoms. The van der Waals surface area contributed by atoms with Gasteiger partial charge in [-0.2, -0.15) is 0 Å². The normalized spacial score (nSPS) is 14.2. The Hall–Kier alpha value is -1.53. The molecule has 0 fully saturated rings. The van der Waals surface area contributed by atoms with E-state index in [-0.39, 0.29) is 11.7 Å². The van der Waals surface area contributed by atoms with Gasteiger partial charge in [-0.1, -0.05) is 39.8 Å². The van der Waals surface area contributed by atoms with Crippen molar-refractivity contribution < 1.29 is 9.21 Å². The highest BCUT2D eigenvalue weighted by molar-refractivity contribution is 9.10. The number of aliphatic imine (C=N–C) groups is 1. The number of thioether (sulfide) groups is 1. The van der Waals surface area contributed by atoms with E-state index in [1.807, 2.05) is 24.3 Å². The fourth-order valence-electron chi connectivity index (χ4n) is 1.80. The van der Waals surface area contributed by atoms with Gasteiger partial charge in [0.2, 0.25) is 0 Å². The minimum Gasteiger partial charge on any atom is -0.451 e. The number of hydrogen-bond donors (Lipinski definition) is 1. The molecular weight excluding hydrogens is 340 g/mol. The van der Waals surface area contributed by atoms with Crippen molar-refractivity contribution in [1.82, 2.24) is 5.32 Å². The smallest absolute Gasteiger partial charge is 0.292 e. The number of nitrogens with zero attached hydrogens (tertiary/aromatic N) is 1. The summed E-state index contributed by atoms with van der Waals surface area (Å²) in [4.78, 5) is 16.2. The third kappa shape index (κ3) is 2.96. The molecule has 0 aliphatic carbocycles. The van der Waals surface area contributed by atoms with E-state index in [0.717, 1.165) is 22.3 Å². The van der Waals surface area contributed by atoms with Gasteiger partial charge in [-0.25, -0.2) is 0 Å². The van der Waals surface area contributed by atoms with Crippen LogP contribution in [0.15, 0.2) is 50.3 Å². The van der Waals surface area contributed by atoms with Crippen molar-refractivity contribution in [3.05, 3.63) is 46.6 Å². The number of hydrogen-bond acceptors (Lipinski definition) is 4. The standard InChI is InChI=1S/C14H11BrN2O2S/c15-10-3-1-9(2-4-10)11-5-6-12(19-11)13(18)17-14-16-7-8-20-14/h1-6H,7-8H2,(H,16,17,18). The van der Waals surface area contributed by atoms with E-state index < -0.39 is 0 Å². The molecule has 1 N–H and O–H groups in total. The highest BCUT2D eigenvalue weighted by Gasteiger charge is 2.16. The number of amides is 1. The number of furan rings is 1. The van der Waals surface area contributed by atoms with Crippen molar-refractivity contribution in [2.45, 2.75) is 0 Å². The molecule has 1 amide bonds. The van der Waals surface area contributed by atoms with E-state index in [1.165, 1.54) is 0 Å². The Bertz CT molecular complexity index is 664. The van der Waals surface area contributed by atoms with E-state index in [9.17, 15) is 4.79 Å². The van der Waals surface area contributed by atoms with Crippen molar-refractivity contribution in [2.24, 2.45) is 4.99 Å². The lowest BCUT2D eigenvalue weighted by molar-refractivity contribution is 0.0952. The minimum atomic E-state index is -0.262. The number of nitrogens with one attached hydrogen (secondary N) is 1. The maximum atomic E-state index is 12.0. The average Bonchev–Trinajstić information content (AvgIpc) is 3.10. The maximum Gasteiger partial charge on any atom is 0.292 e. The van der Waals surface area contributed by atoms with Crippen LogP contribution in [0.2, 0.25) is 0 Å². The van der Waals surface area contributed by atoms with Crippen LogP contribution in [-0.4, -0.2) is 23.4 Å². The zero-order valence-corrected chi connectivity index (χ0v) is 12.8. The van der Waals surface area contributed by atoms with Gasteiger partial charge in [-0.15, -0.1) is 0 Å². The summed E-state index contributed by atoms with van der Waals surface area (Å²) in [6.45, 7) is 0.753. The van der Waals surface area contributed by atoms with E-state index in [2.05, 4.69) is 26.2 Å². The molecule has 1 aromatic carbocycles. The Morgan fingerprint density at radius 1 is 1.25 bits per heavy atom. The Labute approximate surface area is 128 Å². The molecular formula is C14H11BrN2O2S. The summed E-state index contributed by atoms with van der Waals surface area (Å²) in [5.41, 5.74) is 0.930. The second-order valence-corrected chi connectivity index (χ2v) is 6.16. The first-order chi connectivity index (χ1) is 9.72. The minimum absolute atomic E-state index is 0.262. The van der Waals surface area contributed by atoms with E-state index >= 15 is 0 Å². The van der Waals surface area contributed by atoms with Gasteiger partial charge in [0, 0.05) is 15.8 Å². The first kappa shape index (κ1) is 13.5. The lowest BCUT2D eigenvalue weighted by atomic mass is 10.2. The molecule has 20 heavy (non-hydrogen) atoms. The third-order valence-corrected chi connectivity index (χ3v) is 4.18. The second-order valence-electron chi connectivity index (χ2n) is 4.16. The van der Waals surface area contributed by atoms with Crippen LogP contribution in [0.25, 0.3) is 11.3 Å². The molecule has 2 heterocycles. The Balaban J connectivity index is 1.76. The molecule has 4 nitrogen and oxygen atoms in total. The number of amidine groups is 1. The molecule has 2 aromatic rings. The molecule has 0 unspecified atom stereocenters. The molecule has 1 aliphatic rings. The Morgan fingerprint density at radius 3 is 2.75 bits per heavy atom. The third-order valence-electron chi connectivity index (χ3n) is 2.76. The summed E-state index contributed by atoms with van der Waals surface area (Å²) < 4.78 is 6.59. The van der Waals surface area contributed by atoms with Crippen molar-refractivity contribution >= 4 is 38.8 Å². The number of halogens is 1. The zero-order chi connectivity index (χ0) is 13.9. The Morgan fingerprint density at radius 2 is 2.05 bits per heavy atom. The number of carbonyl (C=O) groups is 1. The molecule has 0 saturated carbocycles. The summed E-state index contributed by atoms with van der Waals surface area (Å²) in [7, 11) is 0. The number of carbonyl (C=O) groups excluding carboxylic acids is 1. The van der Waals surface area contributed by atoms with Crippen LogP contribution in [0.4, 0.5) is 0 Å². The lowest BCUT2D eigenvalue weighted by Gasteiger charge is -2.01. The van der Waals surface area contributed by atoms with Crippen LogP contribution in [0.1, 0.15) is 10.6 Å². The maximum absolute atomic E-state index is 12.0. The molecule has 3 rings (SSSR count). The number of benzene rings is 1. The molecule has 0 bridgehead atoms. The van der Waals surface area contributed by atoms with E-state index in [1.54, 1.807) is 23.9 Å². The topological polar surface area (TPSA) is 54.6 Å². The largest absolute Gasteiger partial charge is 0.451 e. The summed E-state index contributed by atoms with van der Waals surface area (Å²) in [5, 5.41) is 3.41. The van der Waals surface area contributed by atoms with Crippen molar-refractivity contribution in [1.29, 1.82) is 0 Å². The average molecular weight is 351 g/mol. The molecule has 0 radical (unpaired) electrons. The summed E-state index contributed by atoms with van der Waals surface area (Å²) >= 11 is 4.93. The lowest BCUT2D eigenvalue weighted by Crippen LogP contribution is -2.26. The second kappa shape index (κ2) is 5.85. The van der Waals surface area contributed by atoms with Gasteiger partial charge in [0.15, 0.2) is 10.9 Å². The molecule has 1 aromatic heterocycles. The van der Waals surface area contributed by atoms with Gasteiger partial charge in [0.25, 0.3) is 5.91 Å². The summed E-state index contributed by atoms with van der Waals surface area (Å²) in [5.74, 6) is 1.61. The highest BCUT2D eigenvalue weighted by Crippen LogP contribution is 2.24. The molecule has 0 spiro atoms. The van der Waals surface area contributed by atoms with Crippen molar-refractivity contribution in [3.63, 3.8) is 0 Å². The molecule has 102 valence electrons. The first-order valence-electron chi connectivity index (χ1n) is 6.07. The molecule has 0 saturated heterocycles. The van der Waals surface area contributed by atoms with Gasteiger partial charge in [0.05, 0.1) is 6.54 Å². The van der Waals surface area contributed by atoms with Crippen LogP contribution in [0, 0.1) is 0 Å². The monoisotopic (exact) mass is 350 g/mol. The zero-order valence-electron chi connectivity index (χ0n) is 10.4. The van der Waals surface area contributed by atoms with E-state index in [4.69, 9.17) is 4.42 Å². The van der Waals surface area contributed by atoms with Crippen LogP contribution in [0.5, 0.6) is 0 Å². The molecule has 0 atom stereocenters. The van der Waals surface area contributed by atoms with Crippen LogP contribution < -0.4 is 5.32 Å². The van der Waals surface area contributed by atoms with E-state index in [0.29, 0.717) is 10.9 Å².